The van der Waals surface area contributed by atoms with Crippen LogP contribution < -0.4 is 0 Å². The Morgan fingerprint density at radius 1 is 1.24 bits per heavy atom. The van der Waals surface area contributed by atoms with E-state index in [-0.39, 0.29) is 18.4 Å². The number of esters is 2. The number of hydrogen-bond donors (Lipinski definition) is 1. The number of halogens is 1. The van der Waals surface area contributed by atoms with Gasteiger partial charge < -0.3 is 9.47 Å². The Morgan fingerprint density at radius 3 is 2.56 bits per heavy atom. The van der Waals surface area contributed by atoms with Gasteiger partial charge in [0, 0.05) is 23.9 Å². The highest BCUT2D eigenvalue weighted by molar-refractivity contribution is 7.80. The molecule has 0 aromatic heterocycles. The molecule has 5 nitrogen and oxygen atoms in total. The molecule has 1 aliphatic heterocycles. The molecule has 1 aliphatic rings. The molecule has 0 amide bonds. The summed E-state index contributed by atoms with van der Waals surface area (Å²) in [6, 6.07) is 6.61. The zero-order valence-electron chi connectivity index (χ0n) is 14.3. The number of benzene rings is 1. The van der Waals surface area contributed by atoms with Crippen molar-refractivity contribution >= 4 is 36.2 Å². The van der Waals surface area contributed by atoms with Gasteiger partial charge in [0.15, 0.2) is 0 Å². The van der Waals surface area contributed by atoms with Gasteiger partial charge in [0.05, 0.1) is 20.6 Å². The van der Waals surface area contributed by atoms with Crippen LogP contribution >= 0.6 is 24.2 Å². The van der Waals surface area contributed by atoms with Crippen molar-refractivity contribution in [2.75, 3.05) is 33.1 Å². The molecule has 1 aromatic carbocycles. The fraction of sp³-hybridized carbons (Fsp3) is 0.444. The Kier molecular flexibility index (Phi) is 7.35. The molecule has 25 heavy (non-hydrogen) atoms. The topological polar surface area (TPSA) is 55.8 Å². The van der Waals surface area contributed by atoms with Crippen LogP contribution in [-0.2, 0) is 19.1 Å². The number of thiol groups is 1. The lowest BCUT2D eigenvalue weighted by molar-refractivity contribution is -0.147. The molecule has 0 saturated heterocycles. The van der Waals surface area contributed by atoms with Crippen LogP contribution in [0.1, 0.15) is 24.4 Å². The highest BCUT2D eigenvalue weighted by atomic mass is 35.5. The van der Waals surface area contributed by atoms with Crippen LogP contribution in [0.3, 0.4) is 0 Å². The van der Waals surface area contributed by atoms with Crippen molar-refractivity contribution in [2.24, 2.45) is 0 Å². The smallest absolute Gasteiger partial charge is 0.327 e. The van der Waals surface area contributed by atoms with E-state index >= 15 is 0 Å². The highest BCUT2D eigenvalue weighted by Gasteiger charge is 2.33. The van der Waals surface area contributed by atoms with Gasteiger partial charge in [0.2, 0.25) is 0 Å². The van der Waals surface area contributed by atoms with Crippen molar-refractivity contribution < 1.29 is 19.1 Å². The quantitative estimate of drug-likeness (QED) is 0.465. The van der Waals surface area contributed by atoms with E-state index in [4.69, 9.17) is 21.1 Å². The van der Waals surface area contributed by atoms with Crippen LogP contribution in [0.25, 0.3) is 0 Å². The summed E-state index contributed by atoms with van der Waals surface area (Å²) in [7, 11) is 2.73. The molecule has 0 spiro atoms. The molecule has 0 unspecified atom stereocenters. The van der Waals surface area contributed by atoms with Crippen molar-refractivity contribution in [3.8, 4) is 0 Å². The summed E-state index contributed by atoms with van der Waals surface area (Å²) in [6.07, 6.45) is 0.924. The van der Waals surface area contributed by atoms with E-state index in [0.29, 0.717) is 29.4 Å². The molecule has 1 aromatic rings. The van der Waals surface area contributed by atoms with Gasteiger partial charge in [-0.15, -0.1) is 0 Å². The number of carbonyl (C=O) groups is 2. The standard InChI is InChI=1S/C18H22ClNO4S/c1-23-16(21)9-13-10-20(8-7-12(13)11-25)17(18(22)24-2)14-5-3-4-6-15(14)19/h3-6,17,25H,7-11H2,1-2H3/t17-/m0/s1. The first-order valence-electron chi connectivity index (χ1n) is 7.95. The molecule has 2 rings (SSSR count). The largest absolute Gasteiger partial charge is 0.469 e. The van der Waals surface area contributed by atoms with E-state index in [2.05, 4.69) is 12.6 Å². The summed E-state index contributed by atoms with van der Waals surface area (Å²) >= 11 is 10.7. The molecule has 0 aliphatic carbocycles. The van der Waals surface area contributed by atoms with Crippen molar-refractivity contribution in [3.05, 3.63) is 46.0 Å². The minimum Gasteiger partial charge on any atom is -0.469 e. The molecule has 136 valence electrons. The van der Waals surface area contributed by atoms with Gasteiger partial charge in [-0.25, -0.2) is 4.79 Å². The van der Waals surface area contributed by atoms with Gasteiger partial charge in [-0.1, -0.05) is 35.4 Å². The van der Waals surface area contributed by atoms with Gasteiger partial charge in [0.1, 0.15) is 6.04 Å². The molecule has 0 bridgehead atoms. The molecular weight excluding hydrogens is 362 g/mol. The first-order chi connectivity index (χ1) is 12.0. The number of methoxy groups -OCH3 is 2. The second-order valence-electron chi connectivity index (χ2n) is 5.79. The monoisotopic (exact) mass is 383 g/mol. The molecule has 0 N–H and O–H groups in total. The molecule has 0 fully saturated rings. The lowest BCUT2D eigenvalue weighted by atomic mass is 9.95. The van der Waals surface area contributed by atoms with Crippen LogP contribution in [0.5, 0.6) is 0 Å². The Balaban J connectivity index is 2.33. The van der Waals surface area contributed by atoms with E-state index in [1.54, 1.807) is 6.07 Å². The molecule has 1 heterocycles. The normalized spacial score (nSPS) is 16.5. The van der Waals surface area contributed by atoms with Crippen LogP contribution in [0.4, 0.5) is 0 Å². The Bertz CT molecular complexity index is 677. The minimum absolute atomic E-state index is 0.194. The predicted octanol–water partition coefficient (Wildman–Crippen LogP) is 3.05. The number of ether oxygens (including phenoxy) is 2. The van der Waals surface area contributed by atoms with Crippen LogP contribution in [0, 0.1) is 0 Å². The third-order valence-electron chi connectivity index (χ3n) is 4.36. The van der Waals surface area contributed by atoms with Gasteiger partial charge in [-0.3, -0.25) is 9.69 Å². The maximum atomic E-state index is 12.5. The predicted molar refractivity (Wildman–Crippen MR) is 99.9 cm³/mol. The average molecular weight is 384 g/mol. The molecule has 7 heteroatoms. The molecular formula is C18H22ClNO4S. The van der Waals surface area contributed by atoms with E-state index < -0.39 is 6.04 Å². The lowest BCUT2D eigenvalue weighted by Crippen LogP contribution is -2.40. The zero-order chi connectivity index (χ0) is 18.4. The summed E-state index contributed by atoms with van der Waals surface area (Å²) in [4.78, 5) is 26.2. The van der Waals surface area contributed by atoms with E-state index in [0.717, 1.165) is 17.6 Å². The first-order valence-corrected chi connectivity index (χ1v) is 8.96. The number of hydrogen-bond acceptors (Lipinski definition) is 6. The Hall–Kier alpha value is -1.50. The van der Waals surface area contributed by atoms with E-state index in [1.807, 2.05) is 23.1 Å². The number of rotatable bonds is 6. The van der Waals surface area contributed by atoms with Gasteiger partial charge in [-0.2, -0.15) is 12.6 Å². The van der Waals surface area contributed by atoms with E-state index in [1.165, 1.54) is 14.2 Å². The number of nitrogens with zero attached hydrogens (tertiary/aromatic N) is 1. The first kappa shape index (κ1) is 19.8. The summed E-state index contributed by atoms with van der Waals surface area (Å²) in [5.41, 5.74) is 2.75. The zero-order valence-corrected chi connectivity index (χ0v) is 16.0. The van der Waals surface area contributed by atoms with E-state index in [9.17, 15) is 9.59 Å². The average Bonchev–Trinajstić information content (AvgIpc) is 2.63. The summed E-state index contributed by atoms with van der Waals surface area (Å²) in [5, 5.41) is 0.511. The van der Waals surface area contributed by atoms with Crippen molar-refractivity contribution in [1.82, 2.24) is 4.90 Å². The van der Waals surface area contributed by atoms with Gasteiger partial charge in [-0.05, 0) is 23.6 Å². The molecule has 0 radical (unpaired) electrons. The lowest BCUT2D eigenvalue weighted by Gasteiger charge is -2.35. The molecule has 1 atom stereocenters. The second kappa shape index (κ2) is 9.27. The van der Waals surface area contributed by atoms with Crippen LogP contribution in [0.15, 0.2) is 35.4 Å². The van der Waals surface area contributed by atoms with Crippen LogP contribution in [0.2, 0.25) is 5.02 Å². The van der Waals surface area contributed by atoms with Gasteiger partial charge >= 0.3 is 11.9 Å². The van der Waals surface area contributed by atoms with Crippen molar-refractivity contribution in [3.63, 3.8) is 0 Å². The van der Waals surface area contributed by atoms with Crippen molar-refractivity contribution in [1.29, 1.82) is 0 Å². The van der Waals surface area contributed by atoms with Crippen LogP contribution in [-0.4, -0.2) is 49.9 Å². The fourth-order valence-corrected chi connectivity index (χ4v) is 3.63. The molecule has 0 saturated carbocycles. The summed E-state index contributed by atoms with van der Waals surface area (Å²) < 4.78 is 9.79. The maximum Gasteiger partial charge on any atom is 0.327 e. The van der Waals surface area contributed by atoms with Crippen molar-refractivity contribution in [2.45, 2.75) is 18.9 Å². The third-order valence-corrected chi connectivity index (χ3v) is 5.09. The Morgan fingerprint density at radius 2 is 1.96 bits per heavy atom. The summed E-state index contributed by atoms with van der Waals surface area (Å²) in [6.45, 7) is 1.13. The summed E-state index contributed by atoms with van der Waals surface area (Å²) in [5.74, 6) is -0.0989. The maximum absolute atomic E-state index is 12.5. The van der Waals surface area contributed by atoms with Gasteiger partial charge in [0.25, 0.3) is 0 Å². The highest BCUT2D eigenvalue weighted by Crippen LogP contribution is 2.33. The minimum atomic E-state index is -0.618. The fourth-order valence-electron chi connectivity index (χ4n) is 3.01. The Labute approximate surface area is 158 Å². The SMILES string of the molecule is COC(=O)CC1=C(CS)CCN([C@H](C(=O)OC)c2ccccc2Cl)C1. The number of carbonyl (C=O) groups excluding carboxylic acids is 2. The second-order valence-corrected chi connectivity index (χ2v) is 6.51. The third kappa shape index (κ3) is 4.77.